The predicted octanol–water partition coefficient (Wildman–Crippen LogP) is 3.49. The highest BCUT2D eigenvalue weighted by atomic mass is 16.6. The number of furan rings is 1. The molecule has 1 aromatic carbocycles. The molecule has 2 atom stereocenters. The molecule has 6 rings (SSSR count). The average Bonchev–Trinajstić information content (AvgIpc) is 3.53. The quantitative estimate of drug-likeness (QED) is 0.736. The molecular formula is C26H28N4O3. The van der Waals surface area contributed by atoms with Gasteiger partial charge in [-0.25, -0.2) is 0 Å². The SMILES string of the molecule is CCCN1CCN(C2=CC(NCc3ccco3)=C3C(=O)c4ccccc4C4ON=C2C34)CC1. The lowest BCUT2D eigenvalue weighted by Gasteiger charge is -2.40. The number of Topliss-reactive ketones (excluding diaryl/α,β-unsaturated/α-hetero) is 1. The maximum absolute atomic E-state index is 13.7. The Morgan fingerprint density at radius 3 is 2.76 bits per heavy atom. The third kappa shape index (κ3) is 3.38. The Kier molecular flexibility index (Phi) is 5.06. The summed E-state index contributed by atoms with van der Waals surface area (Å²) in [5, 5.41) is 8.04. The van der Waals surface area contributed by atoms with E-state index in [0.29, 0.717) is 12.1 Å². The first-order chi connectivity index (χ1) is 16.2. The minimum absolute atomic E-state index is 0.0510. The van der Waals surface area contributed by atoms with E-state index >= 15 is 0 Å². The van der Waals surface area contributed by atoms with Crippen molar-refractivity contribution >= 4 is 11.5 Å². The summed E-state index contributed by atoms with van der Waals surface area (Å²) in [5.41, 5.74) is 5.16. The fraction of sp³-hybridized carbons (Fsp3) is 0.385. The molecule has 1 saturated heterocycles. The number of nitrogens with one attached hydrogen (secondary N) is 1. The van der Waals surface area contributed by atoms with Crippen LogP contribution in [0.15, 0.2) is 75.3 Å². The smallest absolute Gasteiger partial charge is 0.192 e. The van der Waals surface area contributed by atoms with Crippen LogP contribution in [-0.2, 0) is 11.4 Å². The topological polar surface area (TPSA) is 70.3 Å². The number of nitrogens with zero attached hydrogens (tertiary/aromatic N) is 3. The van der Waals surface area contributed by atoms with Crippen LogP contribution in [0.25, 0.3) is 0 Å². The standard InChI is InChI=1S/C26H28N4O3/c1-2-9-29-10-12-30(13-11-29)21-15-20(27-16-17-6-5-14-32-17)22-23-24(21)28-33-26(23)19-8-4-3-7-18(19)25(22)31/h3-8,14-15,23,26-27H,2,9-13,16H2,1H3. The lowest BCUT2D eigenvalue weighted by molar-refractivity contribution is 0.0608. The minimum atomic E-state index is -0.269. The summed E-state index contributed by atoms with van der Waals surface area (Å²) in [6, 6.07) is 11.6. The molecule has 7 nitrogen and oxygen atoms in total. The average molecular weight is 445 g/mol. The third-order valence-electron chi connectivity index (χ3n) is 7.05. The molecule has 2 aliphatic heterocycles. The van der Waals surface area contributed by atoms with E-state index in [1.54, 1.807) is 6.26 Å². The summed E-state index contributed by atoms with van der Waals surface area (Å²) in [6.07, 6.45) is 4.66. The molecule has 0 spiro atoms. The fourth-order valence-electron chi connectivity index (χ4n) is 5.45. The van der Waals surface area contributed by atoms with Crippen molar-refractivity contribution in [1.82, 2.24) is 15.1 Å². The molecule has 2 aliphatic carbocycles. The van der Waals surface area contributed by atoms with E-state index in [4.69, 9.17) is 9.25 Å². The van der Waals surface area contributed by atoms with E-state index in [2.05, 4.69) is 33.3 Å². The zero-order valence-corrected chi connectivity index (χ0v) is 18.8. The molecule has 1 N–H and O–H groups in total. The molecule has 0 bridgehead atoms. The first kappa shape index (κ1) is 20.3. The zero-order valence-electron chi connectivity index (χ0n) is 18.8. The Morgan fingerprint density at radius 1 is 1.12 bits per heavy atom. The van der Waals surface area contributed by atoms with Gasteiger partial charge >= 0.3 is 0 Å². The molecule has 2 unspecified atom stereocenters. The summed E-state index contributed by atoms with van der Waals surface area (Å²) in [7, 11) is 0. The van der Waals surface area contributed by atoms with Gasteiger partial charge in [0.1, 0.15) is 11.5 Å². The molecule has 1 aromatic heterocycles. The van der Waals surface area contributed by atoms with Crippen molar-refractivity contribution in [2.75, 3.05) is 32.7 Å². The number of fused-ring (bicyclic) bond motifs is 2. The molecule has 3 heterocycles. The highest BCUT2D eigenvalue weighted by Gasteiger charge is 2.50. The largest absolute Gasteiger partial charge is 0.467 e. The Labute approximate surface area is 193 Å². The van der Waals surface area contributed by atoms with Crippen molar-refractivity contribution in [1.29, 1.82) is 0 Å². The lowest BCUT2D eigenvalue weighted by Crippen LogP contribution is -2.49. The van der Waals surface area contributed by atoms with Gasteiger partial charge in [0, 0.05) is 48.6 Å². The Hall–Kier alpha value is -3.32. The predicted molar refractivity (Wildman–Crippen MR) is 124 cm³/mol. The van der Waals surface area contributed by atoms with Gasteiger partial charge in [-0.05, 0) is 31.2 Å². The highest BCUT2D eigenvalue weighted by Crippen LogP contribution is 2.48. The number of piperazine rings is 1. The maximum atomic E-state index is 13.7. The van der Waals surface area contributed by atoms with Crippen LogP contribution in [0.1, 0.15) is 41.1 Å². The van der Waals surface area contributed by atoms with Crippen LogP contribution in [0, 0.1) is 5.92 Å². The van der Waals surface area contributed by atoms with Crippen molar-refractivity contribution in [2.24, 2.45) is 11.1 Å². The molecule has 1 fully saturated rings. The van der Waals surface area contributed by atoms with Crippen molar-refractivity contribution in [2.45, 2.75) is 26.0 Å². The second kappa shape index (κ2) is 8.23. The van der Waals surface area contributed by atoms with Gasteiger partial charge in [0.2, 0.25) is 0 Å². The number of hydrogen-bond acceptors (Lipinski definition) is 7. The van der Waals surface area contributed by atoms with Crippen LogP contribution >= 0.6 is 0 Å². The van der Waals surface area contributed by atoms with Gasteiger partial charge in [-0.15, -0.1) is 0 Å². The van der Waals surface area contributed by atoms with Crippen molar-refractivity contribution in [3.8, 4) is 0 Å². The Morgan fingerprint density at radius 2 is 1.97 bits per heavy atom. The van der Waals surface area contributed by atoms with E-state index in [0.717, 1.165) is 66.7 Å². The van der Waals surface area contributed by atoms with Crippen LogP contribution in [0.2, 0.25) is 0 Å². The van der Waals surface area contributed by atoms with Crippen LogP contribution in [-0.4, -0.2) is 54.0 Å². The third-order valence-corrected chi connectivity index (χ3v) is 7.05. The van der Waals surface area contributed by atoms with Gasteiger partial charge in [0.25, 0.3) is 0 Å². The fourth-order valence-corrected chi connectivity index (χ4v) is 5.45. The number of oxime groups is 1. The molecular weight excluding hydrogens is 416 g/mol. The number of hydrogen-bond donors (Lipinski definition) is 1. The molecule has 170 valence electrons. The van der Waals surface area contributed by atoms with Crippen LogP contribution in [0.4, 0.5) is 0 Å². The number of benzene rings is 1. The van der Waals surface area contributed by atoms with E-state index in [-0.39, 0.29) is 17.8 Å². The summed E-state index contributed by atoms with van der Waals surface area (Å²) in [5.74, 6) is 0.684. The van der Waals surface area contributed by atoms with Crippen molar-refractivity contribution < 1.29 is 14.0 Å². The van der Waals surface area contributed by atoms with E-state index < -0.39 is 0 Å². The maximum Gasteiger partial charge on any atom is 0.192 e. The summed E-state index contributed by atoms with van der Waals surface area (Å²) >= 11 is 0. The summed E-state index contributed by atoms with van der Waals surface area (Å²) in [4.78, 5) is 24.6. The van der Waals surface area contributed by atoms with Crippen LogP contribution in [0.3, 0.4) is 0 Å². The Bertz CT molecular complexity index is 1160. The number of ketones is 1. The second-order valence-corrected chi connectivity index (χ2v) is 9.02. The monoisotopic (exact) mass is 444 g/mol. The van der Waals surface area contributed by atoms with Gasteiger partial charge in [0.15, 0.2) is 11.9 Å². The normalized spacial score (nSPS) is 24.2. The molecule has 0 saturated carbocycles. The molecule has 33 heavy (non-hydrogen) atoms. The summed E-state index contributed by atoms with van der Waals surface area (Å²) in [6.45, 7) is 7.80. The number of allylic oxidation sites excluding steroid dienone is 2. The molecule has 7 heteroatoms. The van der Waals surface area contributed by atoms with E-state index in [9.17, 15) is 4.79 Å². The number of rotatable bonds is 6. The molecule has 4 aliphatic rings. The van der Waals surface area contributed by atoms with E-state index in [1.165, 1.54) is 6.42 Å². The van der Waals surface area contributed by atoms with Crippen LogP contribution in [0.5, 0.6) is 0 Å². The van der Waals surface area contributed by atoms with Crippen molar-refractivity contribution in [3.63, 3.8) is 0 Å². The van der Waals surface area contributed by atoms with Crippen molar-refractivity contribution in [3.05, 3.63) is 82.6 Å². The first-order valence-corrected chi connectivity index (χ1v) is 11.8. The van der Waals surface area contributed by atoms with Gasteiger partial charge in [0.05, 0.1) is 24.4 Å². The lowest BCUT2D eigenvalue weighted by atomic mass is 9.71. The zero-order chi connectivity index (χ0) is 22.4. The second-order valence-electron chi connectivity index (χ2n) is 9.02. The van der Waals surface area contributed by atoms with Gasteiger partial charge in [-0.2, -0.15) is 0 Å². The van der Waals surface area contributed by atoms with Gasteiger partial charge < -0.3 is 19.5 Å². The number of carbonyl (C=O) groups excluding carboxylic acids is 1. The minimum Gasteiger partial charge on any atom is -0.467 e. The molecule has 0 radical (unpaired) electrons. The van der Waals surface area contributed by atoms with E-state index in [1.807, 2.05) is 36.4 Å². The molecule has 2 aromatic rings. The highest BCUT2D eigenvalue weighted by molar-refractivity contribution is 6.20. The Balaban J connectivity index is 1.39. The van der Waals surface area contributed by atoms with Crippen LogP contribution < -0.4 is 5.32 Å². The molecule has 0 amide bonds. The number of carbonyl (C=O) groups is 1. The summed E-state index contributed by atoms with van der Waals surface area (Å²) < 4.78 is 5.52. The first-order valence-electron chi connectivity index (χ1n) is 11.8. The van der Waals surface area contributed by atoms with Gasteiger partial charge in [-0.3, -0.25) is 9.69 Å². The van der Waals surface area contributed by atoms with Gasteiger partial charge in [-0.1, -0.05) is 36.3 Å².